The molecule has 2 aromatic rings. The summed E-state index contributed by atoms with van der Waals surface area (Å²) in [6.07, 6.45) is 0. The van der Waals surface area contributed by atoms with Crippen molar-refractivity contribution in [3.05, 3.63) is 57.2 Å². The topological polar surface area (TPSA) is 78.4 Å². The fourth-order valence-corrected chi connectivity index (χ4v) is 2.30. The summed E-state index contributed by atoms with van der Waals surface area (Å²) < 4.78 is 0.896. The zero-order valence-electron chi connectivity index (χ0n) is 11.2. The molecule has 108 valence electrons. The van der Waals surface area contributed by atoms with Crippen molar-refractivity contribution in [2.75, 3.05) is 10.6 Å². The first-order valence-electron chi connectivity index (χ1n) is 6.14. The van der Waals surface area contributed by atoms with Crippen molar-refractivity contribution in [2.45, 2.75) is 6.92 Å². The Labute approximate surface area is 135 Å². The Hall–Kier alpha value is -2.09. The van der Waals surface area contributed by atoms with Gasteiger partial charge in [-0.05, 0) is 53.8 Å². The summed E-state index contributed by atoms with van der Waals surface area (Å²) in [5.74, 6) is -1.08. The van der Waals surface area contributed by atoms with E-state index in [0.29, 0.717) is 5.69 Å². The number of benzene rings is 2. The van der Waals surface area contributed by atoms with E-state index in [9.17, 15) is 9.59 Å². The summed E-state index contributed by atoms with van der Waals surface area (Å²) in [5.41, 5.74) is 1.81. The molecule has 0 radical (unpaired) electrons. The van der Waals surface area contributed by atoms with Gasteiger partial charge in [0, 0.05) is 3.57 Å². The first kappa shape index (κ1) is 15.3. The molecule has 21 heavy (non-hydrogen) atoms. The van der Waals surface area contributed by atoms with Crippen LogP contribution < -0.4 is 10.6 Å². The van der Waals surface area contributed by atoms with Gasteiger partial charge in [0.25, 0.3) is 0 Å². The van der Waals surface area contributed by atoms with Crippen LogP contribution in [0, 0.1) is 10.5 Å². The number of amides is 2. The fraction of sp³-hybridized carbons (Fsp3) is 0.0667. The lowest BCUT2D eigenvalue weighted by Gasteiger charge is -2.11. The number of aromatic carboxylic acids is 1. The molecule has 0 aliphatic rings. The number of carbonyl (C=O) groups excluding carboxylic acids is 1. The van der Waals surface area contributed by atoms with Crippen molar-refractivity contribution in [1.29, 1.82) is 0 Å². The Bertz CT molecular complexity index is 701. The van der Waals surface area contributed by atoms with E-state index in [2.05, 4.69) is 33.2 Å². The van der Waals surface area contributed by atoms with E-state index in [1.807, 2.05) is 18.2 Å². The minimum atomic E-state index is -1.08. The lowest BCUT2D eigenvalue weighted by atomic mass is 10.1. The molecule has 2 amide bonds. The van der Waals surface area contributed by atoms with Gasteiger partial charge < -0.3 is 15.7 Å². The SMILES string of the molecule is Cc1ccc(NC(=O)Nc2ccccc2I)c(C(=O)O)c1. The second kappa shape index (κ2) is 6.57. The molecule has 0 unspecified atom stereocenters. The van der Waals surface area contributed by atoms with E-state index in [4.69, 9.17) is 5.11 Å². The van der Waals surface area contributed by atoms with E-state index in [1.165, 1.54) is 6.07 Å². The standard InChI is InChI=1S/C15H13IN2O3/c1-9-6-7-12(10(8-9)14(19)20)17-15(21)18-13-5-3-2-4-11(13)16/h2-8H,1H3,(H,19,20)(H2,17,18,21). The van der Waals surface area contributed by atoms with E-state index in [1.54, 1.807) is 25.1 Å². The predicted octanol–water partition coefficient (Wildman–Crippen LogP) is 3.94. The van der Waals surface area contributed by atoms with Gasteiger partial charge in [-0.25, -0.2) is 9.59 Å². The molecule has 0 atom stereocenters. The fourth-order valence-electron chi connectivity index (χ4n) is 1.78. The minimum absolute atomic E-state index is 0.0629. The highest BCUT2D eigenvalue weighted by Gasteiger charge is 2.13. The lowest BCUT2D eigenvalue weighted by molar-refractivity contribution is 0.0698. The van der Waals surface area contributed by atoms with E-state index < -0.39 is 12.0 Å². The lowest BCUT2D eigenvalue weighted by Crippen LogP contribution is -2.21. The zero-order chi connectivity index (χ0) is 15.4. The molecule has 0 saturated carbocycles. The first-order chi connectivity index (χ1) is 9.97. The van der Waals surface area contributed by atoms with Crippen molar-refractivity contribution in [2.24, 2.45) is 0 Å². The normalized spacial score (nSPS) is 10.0. The Morgan fingerprint density at radius 3 is 2.38 bits per heavy atom. The van der Waals surface area contributed by atoms with Gasteiger partial charge in [0.1, 0.15) is 0 Å². The summed E-state index contributed by atoms with van der Waals surface area (Å²) >= 11 is 2.11. The number of hydrogen-bond acceptors (Lipinski definition) is 2. The van der Waals surface area contributed by atoms with Crippen molar-refractivity contribution in [1.82, 2.24) is 0 Å². The van der Waals surface area contributed by atoms with Gasteiger partial charge in [0.2, 0.25) is 0 Å². The molecule has 0 bridgehead atoms. The van der Waals surface area contributed by atoms with Crippen molar-refractivity contribution in [3.8, 4) is 0 Å². The van der Waals surface area contributed by atoms with E-state index in [-0.39, 0.29) is 11.3 Å². The van der Waals surface area contributed by atoms with Crippen LogP contribution in [-0.2, 0) is 0 Å². The molecule has 0 fully saturated rings. The van der Waals surface area contributed by atoms with Gasteiger partial charge in [0.15, 0.2) is 0 Å². The Balaban J connectivity index is 2.17. The smallest absolute Gasteiger partial charge is 0.337 e. The average Bonchev–Trinajstić information content (AvgIpc) is 2.43. The quantitative estimate of drug-likeness (QED) is 0.688. The number of carboxylic acid groups (broad SMARTS) is 1. The molecule has 0 aliphatic carbocycles. The summed E-state index contributed by atoms with van der Waals surface area (Å²) in [6, 6.07) is 11.7. The highest BCUT2D eigenvalue weighted by atomic mass is 127. The zero-order valence-corrected chi connectivity index (χ0v) is 13.3. The number of halogens is 1. The van der Waals surface area contributed by atoms with Gasteiger partial charge in [-0.1, -0.05) is 23.8 Å². The molecule has 2 aromatic carbocycles. The maximum Gasteiger partial charge on any atom is 0.337 e. The number of anilines is 2. The summed E-state index contributed by atoms with van der Waals surface area (Å²) in [4.78, 5) is 23.2. The van der Waals surface area contributed by atoms with Crippen LogP contribution in [0.15, 0.2) is 42.5 Å². The molecular formula is C15H13IN2O3. The molecule has 0 spiro atoms. The van der Waals surface area contributed by atoms with Crippen LogP contribution in [0.5, 0.6) is 0 Å². The van der Waals surface area contributed by atoms with Gasteiger partial charge >= 0.3 is 12.0 Å². The summed E-state index contributed by atoms with van der Waals surface area (Å²) in [7, 11) is 0. The van der Waals surface area contributed by atoms with Crippen molar-refractivity contribution < 1.29 is 14.7 Å². The minimum Gasteiger partial charge on any atom is -0.478 e. The maximum atomic E-state index is 12.0. The molecule has 2 rings (SSSR count). The summed E-state index contributed by atoms with van der Waals surface area (Å²) in [6.45, 7) is 1.79. The summed E-state index contributed by atoms with van der Waals surface area (Å²) in [5, 5.41) is 14.4. The maximum absolute atomic E-state index is 12.0. The van der Waals surface area contributed by atoms with Crippen LogP contribution in [-0.4, -0.2) is 17.1 Å². The number of nitrogens with one attached hydrogen (secondary N) is 2. The van der Waals surface area contributed by atoms with Gasteiger partial charge in [-0.2, -0.15) is 0 Å². The van der Waals surface area contributed by atoms with Crippen LogP contribution in [0.3, 0.4) is 0 Å². The third-order valence-electron chi connectivity index (χ3n) is 2.78. The second-order valence-electron chi connectivity index (χ2n) is 4.41. The van der Waals surface area contributed by atoms with Crippen LogP contribution in [0.2, 0.25) is 0 Å². The van der Waals surface area contributed by atoms with Gasteiger partial charge in [-0.3, -0.25) is 0 Å². The van der Waals surface area contributed by atoms with Crippen LogP contribution in [0.4, 0.5) is 16.2 Å². The molecule has 0 saturated heterocycles. The van der Waals surface area contributed by atoms with Crippen LogP contribution >= 0.6 is 22.6 Å². The number of para-hydroxylation sites is 1. The molecule has 3 N–H and O–H groups in total. The van der Waals surface area contributed by atoms with Crippen LogP contribution in [0.25, 0.3) is 0 Å². The molecule has 6 heteroatoms. The van der Waals surface area contributed by atoms with Crippen molar-refractivity contribution >= 4 is 46.0 Å². The number of hydrogen-bond donors (Lipinski definition) is 3. The third-order valence-corrected chi connectivity index (χ3v) is 3.72. The Morgan fingerprint density at radius 2 is 1.71 bits per heavy atom. The predicted molar refractivity (Wildman–Crippen MR) is 89.9 cm³/mol. The highest BCUT2D eigenvalue weighted by Crippen LogP contribution is 2.20. The second-order valence-corrected chi connectivity index (χ2v) is 5.58. The molecule has 0 heterocycles. The molecule has 0 aromatic heterocycles. The number of aryl methyl sites for hydroxylation is 1. The largest absolute Gasteiger partial charge is 0.478 e. The van der Waals surface area contributed by atoms with E-state index in [0.717, 1.165) is 9.13 Å². The van der Waals surface area contributed by atoms with Gasteiger partial charge in [-0.15, -0.1) is 0 Å². The van der Waals surface area contributed by atoms with Crippen LogP contribution in [0.1, 0.15) is 15.9 Å². The number of carbonyl (C=O) groups is 2. The Morgan fingerprint density at radius 1 is 1.05 bits per heavy atom. The number of rotatable bonds is 3. The molecule has 5 nitrogen and oxygen atoms in total. The molecule has 0 aliphatic heterocycles. The number of carboxylic acids is 1. The Kier molecular flexibility index (Phi) is 4.79. The monoisotopic (exact) mass is 396 g/mol. The van der Waals surface area contributed by atoms with Crippen molar-refractivity contribution in [3.63, 3.8) is 0 Å². The van der Waals surface area contributed by atoms with E-state index >= 15 is 0 Å². The number of urea groups is 1. The van der Waals surface area contributed by atoms with Gasteiger partial charge in [0.05, 0.1) is 16.9 Å². The average molecular weight is 396 g/mol. The first-order valence-corrected chi connectivity index (χ1v) is 7.21. The molecular weight excluding hydrogens is 383 g/mol. The highest BCUT2D eigenvalue weighted by molar-refractivity contribution is 14.1. The third kappa shape index (κ3) is 3.94.